The van der Waals surface area contributed by atoms with Crippen molar-refractivity contribution in [3.63, 3.8) is 0 Å². The van der Waals surface area contributed by atoms with Crippen molar-refractivity contribution in [2.75, 3.05) is 0 Å². The summed E-state index contributed by atoms with van der Waals surface area (Å²) in [4.78, 5) is 0. The van der Waals surface area contributed by atoms with Gasteiger partial charge in [-0.2, -0.15) is 0 Å². The summed E-state index contributed by atoms with van der Waals surface area (Å²) >= 11 is 0. The third-order valence-electron chi connectivity index (χ3n) is 7.67. The molecule has 0 bridgehead atoms. The molecule has 4 aromatic carbocycles. The Labute approximate surface area is 237 Å². The van der Waals surface area contributed by atoms with Gasteiger partial charge in [0.25, 0.3) is 0 Å². The second kappa shape index (κ2) is 9.72. The molecule has 0 amide bonds. The molecule has 0 spiro atoms. The Morgan fingerprint density at radius 1 is 0.548 bits per heavy atom. The molecule has 12 heteroatoms. The molecule has 0 unspecified atom stereocenters. The second-order valence-electron chi connectivity index (χ2n) is 10.3. The Morgan fingerprint density at radius 3 is 1.76 bits per heavy atom. The average Bonchev–Trinajstić information content (AvgIpc) is 2.93. The molecule has 2 aliphatic heterocycles. The summed E-state index contributed by atoms with van der Waals surface area (Å²) in [6.45, 7) is 0. The van der Waals surface area contributed by atoms with Gasteiger partial charge in [-0.15, -0.1) is 0 Å². The van der Waals surface area contributed by atoms with E-state index in [1.54, 1.807) is 0 Å². The lowest BCUT2D eigenvalue weighted by molar-refractivity contribution is 0.00115. The zero-order chi connectivity index (χ0) is 30.0. The minimum absolute atomic E-state index is 0.0312. The Morgan fingerprint density at radius 2 is 1.14 bits per heavy atom. The van der Waals surface area contributed by atoms with Crippen LogP contribution >= 0.6 is 0 Å². The van der Waals surface area contributed by atoms with Crippen LogP contribution in [0.2, 0.25) is 0 Å². The predicted molar refractivity (Wildman–Crippen MR) is 143 cm³/mol. The number of rotatable bonds is 3. The molecule has 0 fully saturated rings. The molecule has 0 aliphatic carbocycles. The number of fused-ring (bicyclic) bond motifs is 2. The van der Waals surface area contributed by atoms with E-state index in [0.717, 1.165) is 12.1 Å². The smallest absolute Gasteiger partial charge is 0.157 e. The number of ether oxygens (including phenoxy) is 2. The van der Waals surface area contributed by atoms with Crippen molar-refractivity contribution in [2.45, 2.75) is 36.8 Å². The molecule has 218 valence electrons. The van der Waals surface area contributed by atoms with E-state index >= 15 is 0 Å². The van der Waals surface area contributed by atoms with Crippen LogP contribution in [0.5, 0.6) is 57.5 Å². The molecule has 5 atom stereocenters. The van der Waals surface area contributed by atoms with E-state index in [4.69, 9.17) is 9.47 Å². The number of hydrogen-bond donors (Lipinski definition) is 10. The molecule has 10 N–H and O–H groups in total. The zero-order valence-electron chi connectivity index (χ0n) is 21.6. The summed E-state index contributed by atoms with van der Waals surface area (Å²) in [7, 11) is 0. The van der Waals surface area contributed by atoms with Crippen LogP contribution in [0.4, 0.5) is 0 Å². The summed E-state index contributed by atoms with van der Waals surface area (Å²) in [6, 6.07) is 10.8. The van der Waals surface area contributed by atoms with Gasteiger partial charge in [0.05, 0.1) is 12.0 Å². The molecule has 6 rings (SSSR count). The van der Waals surface area contributed by atoms with Gasteiger partial charge in [-0.05, 0) is 35.4 Å². The minimum atomic E-state index is -1.59. The Kier molecular flexibility index (Phi) is 6.24. The topological polar surface area (TPSA) is 221 Å². The van der Waals surface area contributed by atoms with E-state index in [1.807, 2.05) is 0 Å². The molecule has 2 aliphatic rings. The normalized spacial score (nSPS) is 22.9. The summed E-state index contributed by atoms with van der Waals surface area (Å²) in [5, 5.41) is 105. The first kappa shape index (κ1) is 27.0. The molecule has 42 heavy (non-hydrogen) atoms. The van der Waals surface area contributed by atoms with Gasteiger partial charge >= 0.3 is 0 Å². The molecule has 12 nitrogen and oxygen atoms in total. The number of hydrogen-bond acceptors (Lipinski definition) is 12. The number of phenolic OH excluding ortho intramolecular Hbond substituents is 8. The van der Waals surface area contributed by atoms with Crippen molar-refractivity contribution >= 4 is 0 Å². The fourth-order valence-electron chi connectivity index (χ4n) is 5.71. The van der Waals surface area contributed by atoms with Crippen molar-refractivity contribution in [2.24, 2.45) is 0 Å². The number of aromatic hydroxyl groups is 8. The van der Waals surface area contributed by atoms with Crippen LogP contribution in [0.15, 0.2) is 54.6 Å². The SMILES string of the molecule is Oc1cc(O)c2c(c1)O[C@H](c1ccc(O)c(O)c1)[C@@H](O)[C@@H]2c1c(O)cc(O)c2c1O[C@@H](c1ccc(O)c(O)c1)[C@H](O)C2. The van der Waals surface area contributed by atoms with Gasteiger partial charge < -0.3 is 60.5 Å². The van der Waals surface area contributed by atoms with Crippen LogP contribution in [-0.2, 0) is 6.42 Å². The first-order valence-electron chi connectivity index (χ1n) is 12.8. The third kappa shape index (κ3) is 4.24. The van der Waals surface area contributed by atoms with Crippen LogP contribution in [-0.4, -0.2) is 63.3 Å². The quantitative estimate of drug-likeness (QED) is 0.159. The van der Waals surface area contributed by atoms with E-state index in [0.29, 0.717) is 0 Å². The second-order valence-corrected chi connectivity index (χ2v) is 10.3. The maximum Gasteiger partial charge on any atom is 0.157 e. The lowest BCUT2D eigenvalue weighted by Crippen LogP contribution is -2.36. The standard InChI is InChI=1S/C30H26O12/c31-13-7-20(37)24-23(8-13)41-29(12-2-4-16(33)19(36)6-12)27(40)26(24)25-21(38)10-17(34)14-9-22(39)28(42-30(14)25)11-1-3-15(32)18(35)5-11/h1-8,10,22,26-29,31-40H,9H2/t22-,26+,27+,28+,29-/m1/s1. The highest BCUT2D eigenvalue weighted by Crippen LogP contribution is 2.57. The maximum atomic E-state index is 11.8. The predicted octanol–water partition coefficient (Wildman–Crippen LogP) is 3.00. The van der Waals surface area contributed by atoms with Crippen molar-refractivity contribution in [1.29, 1.82) is 0 Å². The van der Waals surface area contributed by atoms with Crippen molar-refractivity contribution < 1.29 is 60.5 Å². The Hall–Kier alpha value is -5.20. The molecule has 2 heterocycles. The van der Waals surface area contributed by atoms with Gasteiger partial charge in [-0.3, -0.25) is 0 Å². The van der Waals surface area contributed by atoms with Crippen molar-refractivity contribution in [3.05, 3.63) is 82.4 Å². The molecule has 4 aromatic rings. The zero-order valence-corrected chi connectivity index (χ0v) is 21.6. The van der Waals surface area contributed by atoms with Gasteiger partial charge in [0, 0.05) is 41.3 Å². The van der Waals surface area contributed by atoms with E-state index in [-0.39, 0.29) is 51.5 Å². The van der Waals surface area contributed by atoms with E-state index in [2.05, 4.69) is 0 Å². The summed E-state index contributed by atoms with van der Waals surface area (Å²) in [5.41, 5.74) is 0.435. The highest BCUT2D eigenvalue weighted by atomic mass is 16.5. The molecule has 0 saturated heterocycles. The molecule has 0 aromatic heterocycles. The minimum Gasteiger partial charge on any atom is -0.508 e. The Balaban J connectivity index is 1.55. The third-order valence-corrected chi connectivity index (χ3v) is 7.67. The molecule has 0 saturated carbocycles. The number of benzene rings is 4. The van der Waals surface area contributed by atoms with Crippen LogP contribution < -0.4 is 9.47 Å². The van der Waals surface area contributed by atoms with Crippen LogP contribution in [0.3, 0.4) is 0 Å². The van der Waals surface area contributed by atoms with Gasteiger partial charge in [0.2, 0.25) is 0 Å². The first-order valence-corrected chi connectivity index (χ1v) is 12.8. The summed E-state index contributed by atoms with van der Waals surface area (Å²) in [6.07, 6.45) is -5.43. The molecule has 0 radical (unpaired) electrons. The van der Waals surface area contributed by atoms with Gasteiger partial charge in [0.1, 0.15) is 46.7 Å². The van der Waals surface area contributed by atoms with E-state index < -0.39 is 70.6 Å². The van der Waals surface area contributed by atoms with Crippen LogP contribution in [0.25, 0.3) is 0 Å². The van der Waals surface area contributed by atoms with Crippen molar-refractivity contribution in [3.8, 4) is 57.5 Å². The lowest BCUT2D eigenvalue weighted by atomic mass is 9.77. The van der Waals surface area contributed by atoms with E-state index in [9.17, 15) is 51.1 Å². The average molecular weight is 579 g/mol. The van der Waals surface area contributed by atoms with Crippen molar-refractivity contribution in [1.82, 2.24) is 0 Å². The fourth-order valence-corrected chi connectivity index (χ4v) is 5.71. The van der Waals surface area contributed by atoms with Gasteiger partial charge in [0.15, 0.2) is 29.1 Å². The summed E-state index contributed by atoms with van der Waals surface area (Å²) in [5.74, 6) is -5.08. The molecular weight excluding hydrogens is 552 g/mol. The highest BCUT2D eigenvalue weighted by Gasteiger charge is 2.46. The maximum absolute atomic E-state index is 11.8. The molecular formula is C30H26O12. The van der Waals surface area contributed by atoms with Gasteiger partial charge in [-0.25, -0.2) is 0 Å². The van der Waals surface area contributed by atoms with Crippen LogP contribution in [0.1, 0.15) is 45.9 Å². The van der Waals surface area contributed by atoms with E-state index in [1.165, 1.54) is 42.5 Å². The fraction of sp³-hybridized carbons (Fsp3) is 0.200. The monoisotopic (exact) mass is 578 g/mol. The largest absolute Gasteiger partial charge is 0.508 e. The lowest BCUT2D eigenvalue weighted by Gasteiger charge is -2.40. The Bertz CT molecular complexity index is 1720. The summed E-state index contributed by atoms with van der Waals surface area (Å²) < 4.78 is 12.1. The first-order chi connectivity index (χ1) is 19.9. The number of aliphatic hydroxyl groups excluding tert-OH is 2. The number of phenols is 8. The van der Waals surface area contributed by atoms with Gasteiger partial charge in [-0.1, -0.05) is 12.1 Å². The highest BCUT2D eigenvalue weighted by molar-refractivity contribution is 5.65. The van der Waals surface area contributed by atoms with Crippen LogP contribution in [0, 0.1) is 0 Å². The number of aliphatic hydroxyl groups is 2.